The second-order valence-electron chi connectivity index (χ2n) is 3.18. The van der Waals surface area contributed by atoms with E-state index in [-0.39, 0.29) is 11.9 Å². The van der Waals surface area contributed by atoms with E-state index in [1.54, 1.807) is 21.1 Å². The van der Waals surface area contributed by atoms with Crippen molar-refractivity contribution in [1.82, 2.24) is 5.32 Å². The number of para-hydroxylation sites is 2. The van der Waals surface area contributed by atoms with Crippen LogP contribution in [0.4, 0.5) is 5.69 Å². The lowest BCUT2D eigenvalue weighted by Crippen LogP contribution is -2.35. The highest BCUT2D eigenvalue weighted by Crippen LogP contribution is 2.23. The summed E-state index contributed by atoms with van der Waals surface area (Å²) in [4.78, 5) is 11.3. The molecule has 0 aliphatic heterocycles. The molecular formula is C11H16N2O2. The van der Waals surface area contributed by atoms with E-state index in [0.29, 0.717) is 0 Å². The molecule has 15 heavy (non-hydrogen) atoms. The third kappa shape index (κ3) is 2.87. The summed E-state index contributed by atoms with van der Waals surface area (Å²) in [5.41, 5.74) is 0.816. The van der Waals surface area contributed by atoms with Crippen molar-refractivity contribution < 1.29 is 9.53 Å². The topological polar surface area (TPSA) is 50.4 Å². The van der Waals surface area contributed by atoms with Crippen LogP contribution >= 0.6 is 0 Å². The van der Waals surface area contributed by atoms with Crippen molar-refractivity contribution in [2.45, 2.75) is 13.0 Å². The Hall–Kier alpha value is -1.71. The Morgan fingerprint density at radius 2 is 2.07 bits per heavy atom. The van der Waals surface area contributed by atoms with Gasteiger partial charge in [-0.2, -0.15) is 0 Å². The molecule has 0 radical (unpaired) electrons. The van der Waals surface area contributed by atoms with Gasteiger partial charge in [-0.25, -0.2) is 0 Å². The molecule has 1 aromatic rings. The molecule has 0 aliphatic rings. The summed E-state index contributed by atoms with van der Waals surface area (Å²) in [5, 5.41) is 5.66. The maximum atomic E-state index is 11.3. The van der Waals surface area contributed by atoms with Gasteiger partial charge in [-0.3, -0.25) is 4.79 Å². The number of hydrogen-bond acceptors (Lipinski definition) is 3. The molecule has 0 fully saturated rings. The lowest BCUT2D eigenvalue weighted by atomic mass is 10.2. The van der Waals surface area contributed by atoms with Crippen molar-refractivity contribution in [1.29, 1.82) is 0 Å². The number of rotatable bonds is 4. The van der Waals surface area contributed by atoms with Gasteiger partial charge in [0.1, 0.15) is 11.8 Å². The average Bonchev–Trinajstić information content (AvgIpc) is 2.28. The quantitative estimate of drug-likeness (QED) is 0.782. The van der Waals surface area contributed by atoms with Crippen LogP contribution in [0.5, 0.6) is 5.75 Å². The second kappa shape index (κ2) is 5.24. The number of amides is 1. The number of hydrogen-bond donors (Lipinski definition) is 2. The molecule has 1 rings (SSSR count). The number of likely N-dealkylation sites (N-methyl/N-ethyl adjacent to an activating group) is 1. The molecule has 1 unspecified atom stereocenters. The minimum Gasteiger partial charge on any atom is -0.495 e. The average molecular weight is 208 g/mol. The van der Waals surface area contributed by atoms with E-state index in [1.807, 2.05) is 24.3 Å². The summed E-state index contributed by atoms with van der Waals surface area (Å²) in [6.07, 6.45) is 0. The molecule has 0 saturated heterocycles. The van der Waals surface area contributed by atoms with E-state index < -0.39 is 0 Å². The molecule has 82 valence electrons. The number of nitrogens with one attached hydrogen (secondary N) is 2. The molecule has 1 aromatic carbocycles. The Morgan fingerprint density at radius 3 is 2.67 bits per heavy atom. The molecule has 0 heterocycles. The number of benzene rings is 1. The highest BCUT2D eigenvalue weighted by atomic mass is 16.5. The fraction of sp³-hybridized carbons (Fsp3) is 0.364. The van der Waals surface area contributed by atoms with Gasteiger partial charge in [-0.15, -0.1) is 0 Å². The van der Waals surface area contributed by atoms with Crippen LogP contribution in [0.25, 0.3) is 0 Å². The summed E-state index contributed by atoms with van der Waals surface area (Å²) < 4.78 is 5.17. The fourth-order valence-corrected chi connectivity index (χ4v) is 1.28. The maximum absolute atomic E-state index is 11.3. The Balaban J connectivity index is 2.75. The van der Waals surface area contributed by atoms with Gasteiger partial charge in [-0.05, 0) is 19.1 Å². The molecule has 0 aliphatic carbocycles. The standard InChI is InChI=1S/C11H16N2O2/c1-8(11(14)12-2)13-9-6-4-5-7-10(9)15-3/h4-8,13H,1-3H3,(H,12,14). The van der Waals surface area contributed by atoms with Gasteiger partial charge in [-0.1, -0.05) is 12.1 Å². The van der Waals surface area contributed by atoms with Crippen molar-refractivity contribution >= 4 is 11.6 Å². The summed E-state index contributed by atoms with van der Waals surface area (Å²) in [5.74, 6) is 0.675. The molecule has 0 saturated carbocycles. The Morgan fingerprint density at radius 1 is 1.40 bits per heavy atom. The Labute approximate surface area is 89.6 Å². The molecule has 0 spiro atoms. The van der Waals surface area contributed by atoms with Crippen molar-refractivity contribution in [3.63, 3.8) is 0 Å². The smallest absolute Gasteiger partial charge is 0.241 e. The number of ether oxygens (including phenoxy) is 1. The third-order valence-electron chi connectivity index (χ3n) is 2.12. The zero-order chi connectivity index (χ0) is 11.3. The zero-order valence-corrected chi connectivity index (χ0v) is 9.20. The largest absolute Gasteiger partial charge is 0.495 e. The van der Waals surface area contributed by atoms with Crippen LogP contribution in [-0.2, 0) is 4.79 Å². The van der Waals surface area contributed by atoms with Gasteiger partial charge in [0.05, 0.1) is 12.8 Å². The summed E-state index contributed by atoms with van der Waals surface area (Å²) in [6.45, 7) is 1.80. The van der Waals surface area contributed by atoms with Crippen LogP contribution in [-0.4, -0.2) is 26.1 Å². The van der Waals surface area contributed by atoms with Crippen molar-refractivity contribution in [3.8, 4) is 5.75 Å². The first-order chi connectivity index (χ1) is 7.19. The molecule has 1 amide bonds. The van der Waals surface area contributed by atoms with Gasteiger partial charge in [0.15, 0.2) is 0 Å². The molecular weight excluding hydrogens is 192 g/mol. The molecule has 0 bridgehead atoms. The molecule has 1 atom stereocenters. The maximum Gasteiger partial charge on any atom is 0.241 e. The molecule has 4 heteroatoms. The first kappa shape index (κ1) is 11.4. The number of carbonyl (C=O) groups excluding carboxylic acids is 1. The van der Waals surface area contributed by atoms with Crippen LogP contribution < -0.4 is 15.4 Å². The first-order valence-corrected chi connectivity index (χ1v) is 4.80. The second-order valence-corrected chi connectivity index (χ2v) is 3.18. The molecule has 0 aromatic heterocycles. The summed E-state index contributed by atoms with van der Waals surface area (Å²) in [7, 11) is 3.22. The van der Waals surface area contributed by atoms with Crippen LogP contribution in [0.1, 0.15) is 6.92 Å². The van der Waals surface area contributed by atoms with Crippen molar-refractivity contribution in [2.75, 3.05) is 19.5 Å². The zero-order valence-electron chi connectivity index (χ0n) is 9.20. The number of anilines is 1. The molecule has 2 N–H and O–H groups in total. The van der Waals surface area contributed by atoms with Crippen LogP contribution in [0.2, 0.25) is 0 Å². The molecule has 4 nitrogen and oxygen atoms in total. The Kier molecular flexibility index (Phi) is 3.97. The van der Waals surface area contributed by atoms with Crippen LogP contribution in [0.15, 0.2) is 24.3 Å². The van der Waals surface area contributed by atoms with Gasteiger partial charge in [0.2, 0.25) is 5.91 Å². The van der Waals surface area contributed by atoms with Crippen LogP contribution in [0.3, 0.4) is 0 Å². The van der Waals surface area contributed by atoms with Crippen LogP contribution in [0, 0.1) is 0 Å². The first-order valence-electron chi connectivity index (χ1n) is 4.80. The van der Waals surface area contributed by atoms with E-state index >= 15 is 0 Å². The minimum atomic E-state index is -0.286. The number of carbonyl (C=O) groups is 1. The third-order valence-corrected chi connectivity index (χ3v) is 2.12. The van der Waals surface area contributed by atoms with Crippen molar-refractivity contribution in [3.05, 3.63) is 24.3 Å². The van der Waals surface area contributed by atoms with E-state index in [0.717, 1.165) is 11.4 Å². The van der Waals surface area contributed by atoms with Gasteiger partial charge in [0.25, 0.3) is 0 Å². The van der Waals surface area contributed by atoms with E-state index in [9.17, 15) is 4.79 Å². The summed E-state index contributed by atoms with van der Waals surface area (Å²) >= 11 is 0. The van der Waals surface area contributed by atoms with E-state index in [2.05, 4.69) is 10.6 Å². The van der Waals surface area contributed by atoms with Gasteiger partial charge < -0.3 is 15.4 Å². The monoisotopic (exact) mass is 208 g/mol. The lowest BCUT2D eigenvalue weighted by Gasteiger charge is -2.15. The summed E-state index contributed by atoms with van der Waals surface area (Å²) in [6, 6.07) is 7.21. The lowest BCUT2D eigenvalue weighted by molar-refractivity contribution is -0.121. The fourth-order valence-electron chi connectivity index (χ4n) is 1.28. The predicted octanol–water partition coefficient (Wildman–Crippen LogP) is 1.24. The minimum absolute atomic E-state index is 0.0547. The Bertz CT molecular complexity index is 339. The van der Waals surface area contributed by atoms with E-state index in [1.165, 1.54) is 0 Å². The van der Waals surface area contributed by atoms with Gasteiger partial charge in [0, 0.05) is 7.05 Å². The number of methoxy groups -OCH3 is 1. The normalized spacial score (nSPS) is 11.7. The van der Waals surface area contributed by atoms with E-state index in [4.69, 9.17) is 4.74 Å². The van der Waals surface area contributed by atoms with Gasteiger partial charge >= 0.3 is 0 Å². The predicted molar refractivity (Wildman–Crippen MR) is 60.1 cm³/mol. The highest BCUT2D eigenvalue weighted by Gasteiger charge is 2.12. The SMILES string of the molecule is CNC(=O)C(C)Nc1ccccc1OC. The highest BCUT2D eigenvalue weighted by molar-refractivity contribution is 5.84. The van der Waals surface area contributed by atoms with Crippen molar-refractivity contribution in [2.24, 2.45) is 0 Å².